The number of ether oxygens (including phenoxy) is 11. The molecule has 0 aliphatic carbocycles. The number of methoxy groups -OCH3 is 1. The zero-order valence-corrected chi connectivity index (χ0v) is 36.9. The third-order valence-electron chi connectivity index (χ3n) is 8.24. The van der Waals surface area contributed by atoms with Crippen molar-refractivity contribution in [3.63, 3.8) is 0 Å². The summed E-state index contributed by atoms with van der Waals surface area (Å²) in [5.41, 5.74) is 11.1. The normalized spacial score (nSPS) is 11.0. The summed E-state index contributed by atoms with van der Waals surface area (Å²) in [6.07, 6.45) is 3.97. The van der Waals surface area contributed by atoms with Crippen molar-refractivity contribution in [2.75, 3.05) is 159 Å². The molecule has 0 fully saturated rings. The molecular formula is C42H75N5O15. The topological polar surface area (TPSA) is 258 Å². The lowest BCUT2D eigenvalue weighted by atomic mass is 10.1. The second-order valence-corrected chi connectivity index (χ2v) is 13.4. The number of unbranched alkanes of at least 4 members (excludes halogenated alkanes) is 2. The predicted molar refractivity (Wildman–Crippen MR) is 229 cm³/mol. The Hall–Kier alpha value is -3.70. The van der Waals surface area contributed by atoms with Crippen LogP contribution in [0, 0.1) is 0 Å². The van der Waals surface area contributed by atoms with E-state index in [1.807, 2.05) is 0 Å². The number of benzene rings is 1. The Balaban J connectivity index is 2.36. The molecule has 62 heavy (non-hydrogen) atoms. The molecule has 0 radical (unpaired) electrons. The van der Waals surface area contributed by atoms with Crippen LogP contribution in [-0.2, 0) is 57.0 Å². The van der Waals surface area contributed by atoms with Crippen LogP contribution in [0.5, 0.6) is 11.5 Å². The fourth-order valence-electron chi connectivity index (χ4n) is 5.02. The van der Waals surface area contributed by atoms with Crippen LogP contribution in [0.15, 0.2) is 18.2 Å². The van der Waals surface area contributed by atoms with Gasteiger partial charge in [0.15, 0.2) is 0 Å². The maximum absolute atomic E-state index is 13.1. The molecule has 7 N–H and O–H groups in total. The maximum Gasteiger partial charge on any atom is 0.305 e. The average molecular weight is 890 g/mol. The Morgan fingerprint density at radius 3 is 1.23 bits per heavy atom. The summed E-state index contributed by atoms with van der Waals surface area (Å²) in [5, 5.41) is 8.61. The van der Waals surface area contributed by atoms with Crippen LogP contribution in [0.1, 0.15) is 61.7 Å². The van der Waals surface area contributed by atoms with Gasteiger partial charge in [-0.25, -0.2) is 0 Å². The minimum Gasteiger partial charge on any atom is -0.493 e. The van der Waals surface area contributed by atoms with Gasteiger partial charge >= 0.3 is 5.97 Å². The number of hydrogen-bond acceptors (Lipinski definition) is 17. The number of nitrogens with two attached hydrogens (primary N) is 2. The lowest BCUT2D eigenvalue weighted by Crippen LogP contribution is -2.27. The fraction of sp³-hybridized carbons (Fsp3) is 0.762. The number of carbonyl (C=O) groups excluding carboxylic acids is 4. The summed E-state index contributed by atoms with van der Waals surface area (Å²) in [4.78, 5) is 48.9. The van der Waals surface area contributed by atoms with Crippen molar-refractivity contribution in [1.29, 1.82) is 0 Å². The molecule has 1 aromatic carbocycles. The van der Waals surface area contributed by atoms with Crippen molar-refractivity contribution in [2.45, 2.75) is 51.4 Å². The van der Waals surface area contributed by atoms with Gasteiger partial charge in [0.05, 0.1) is 126 Å². The van der Waals surface area contributed by atoms with Crippen LogP contribution < -0.4 is 36.9 Å². The van der Waals surface area contributed by atoms with Crippen LogP contribution in [-0.4, -0.2) is 182 Å². The molecule has 0 aliphatic heterocycles. The van der Waals surface area contributed by atoms with E-state index >= 15 is 0 Å². The van der Waals surface area contributed by atoms with Crippen molar-refractivity contribution in [3.05, 3.63) is 23.8 Å². The van der Waals surface area contributed by atoms with Gasteiger partial charge in [0.2, 0.25) is 11.8 Å². The van der Waals surface area contributed by atoms with Gasteiger partial charge in [-0.2, -0.15) is 0 Å². The number of nitrogens with one attached hydrogen (secondary N) is 3. The quantitative estimate of drug-likeness (QED) is 0.0447. The van der Waals surface area contributed by atoms with Gasteiger partial charge in [0.1, 0.15) is 11.5 Å². The third-order valence-corrected chi connectivity index (χ3v) is 8.24. The zero-order valence-electron chi connectivity index (χ0n) is 36.9. The monoisotopic (exact) mass is 890 g/mol. The van der Waals surface area contributed by atoms with E-state index in [1.54, 1.807) is 18.2 Å². The van der Waals surface area contributed by atoms with Crippen LogP contribution in [0.25, 0.3) is 0 Å². The highest BCUT2D eigenvalue weighted by atomic mass is 16.6. The van der Waals surface area contributed by atoms with E-state index in [9.17, 15) is 19.2 Å². The molecule has 0 unspecified atom stereocenters. The molecule has 20 heteroatoms. The van der Waals surface area contributed by atoms with Gasteiger partial charge < -0.3 is 79.5 Å². The molecule has 3 amide bonds. The van der Waals surface area contributed by atoms with E-state index in [0.717, 1.165) is 6.42 Å². The molecule has 1 aromatic rings. The van der Waals surface area contributed by atoms with Gasteiger partial charge in [0, 0.05) is 63.6 Å². The van der Waals surface area contributed by atoms with Crippen LogP contribution in [0.3, 0.4) is 0 Å². The Bertz CT molecular complexity index is 1200. The zero-order chi connectivity index (χ0) is 45.0. The van der Waals surface area contributed by atoms with Crippen molar-refractivity contribution in [1.82, 2.24) is 16.0 Å². The lowest BCUT2D eigenvalue weighted by Gasteiger charge is -2.13. The predicted octanol–water partition coefficient (Wildman–Crippen LogP) is 0.750. The molecule has 0 saturated heterocycles. The first-order valence-corrected chi connectivity index (χ1v) is 21.7. The lowest BCUT2D eigenvalue weighted by molar-refractivity contribution is -0.140. The van der Waals surface area contributed by atoms with Crippen LogP contribution in [0.2, 0.25) is 0 Å². The number of esters is 1. The number of amides is 3. The maximum atomic E-state index is 13.1. The van der Waals surface area contributed by atoms with E-state index in [-0.39, 0.29) is 63.0 Å². The Morgan fingerprint density at radius 2 is 0.823 bits per heavy atom. The van der Waals surface area contributed by atoms with Gasteiger partial charge in [0.25, 0.3) is 5.91 Å². The Kier molecular flexibility index (Phi) is 38.7. The van der Waals surface area contributed by atoms with Crippen LogP contribution >= 0.6 is 0 Å². The van der Waals surface area contributed by atoms with Crippen molar-refractivity contribution in [3.8, 4) is 11.5 Å². The first-order valence-electron chi connectivity index (χ1n) is 21.7. The highest BCUT2D eigenvalue weighted by molar-refractivity contribution is 5.95. The number of carbonyl (C=O) groups is 4. The fourth-order valence-corrected chi connectivity index (χ4v) is 5.02. The second-order valence-electron chi connectivity index (χ2n) is 13.4. The average Bonchev–Trinajstić information content (AvgIpc) is 3.27. The second kappa shape index (κ2) is 42.6. The Labute approximate surface area is 367 Å². The SMILES string of the molecule is COC(=O)CCCCCNC(=O)c1cc(OCCCNC(=O)CCOCCOCCOCCOCCN)cc(OCCCNC(=O)CCOCCOCCOCCOCCN)c1. The standard InChI is InChI=1S/C42H75N5O15/c1-52-41(50)7-3-2-4-12-47-42(51)36-33-37(61-15-5-13-45-39(48)8-17-53-21-25-57-29-31-59-27-23-55-19-10-43)35-38(34-36)62-16-6-14-46-40(49)9-18-54-22-26-58-30-32-60-28-24-56-20-11-44/h33-35H,2-32,43-44H2,1H3,(H,45,48)(H,46,49)(H,47,51). The molecule has 0 saturated carbocycles. The summed E-state index contributed by atoms with van der Waals surface area (Å²) in [5.74, 6) is 0.0492. The molecule has 20 nitrogen and oxygen atoms in total. The van der Waals surface area contributed by atoms with Crippen molar-refractivity contribution in [2.24, 2.45) is 11.5 Å². The number of hydrogen-bond donors (Lipinski definition) is 5. The summed E-state index contributed by atoms with van der Waals surface area (Å²) in [7, 11) is 1.36. The molecule has 0 bridgehead atoms. The van der Waals surface area contributed by atoms with E-state index < -0.39 is 0 Å². The first kappa shape index (κ1) is 56.3. The summed E-state index contributed by atoms with van der Waals surface area (Å²) in [6.45, 7) is 9.67. The summed E-state index contributed by atoms with van der Waals surface area (Å²) in [6, 6.07) is 4.97. The van der Waals surface area contributed by atoms with E-state index in [2.05, 4.69) is 20.7 Å². The van der Waals surface area contributed by atoms with Gasteiger partial charge in [-0.05, 0) is 37.8 Å². The Morgan fingerprint density at radius 1 is 0.435 bits per heavy atom. The molecule has 358 valence electrons. The van der Waals surface area contributed by atoms with Crippen molar-refractivity contribution < 1.29 is 71.3 Å². The molecule has 0 aromatic heterocycles. The smallest absolute Gasteiger partial charge is 0.305 e. The highest BCUT2D eigenvalue weighted by Gasteiger charge is 2.12. The molecule has 0 atom stereocenters. The molecule has 0 spiro atoms. The summed E-state index contributed by atoms with van der Waals surface area (Å²) >= 11 is 0. The minimum atomic E-state index is -0.293. The van der Waals surface area contributed by atoms with Crippen molar-refractivity contribution >= 4 is 23.7 Å². The van der Waals surface area contributed by atoms with E-state index in [4.69, 9.17) is 58.8 Å². The highest BCUT2D eigenvalue weighted by Crippen LogP contribution is 2.24. The number of rotatable bonds is 45. The molecule has 1 rings (SSSR count). The van der Waals surface area contributed by atoms with Gasteiger partial charge in [-0.3, -0.25) is 19.2 Å². The first-order chi connectivity index (χ1) is 30.4. The largest absolute Gasteiger partial charge is 0.493 e. The molecular weight excluding hydrogens is 814 g/mol. The van der Waals surface area contributed by atoms with E-state index in [0.29, 0.717) is 174 Å². The molecule has 0 aliphatic rings. The van der Waals surface area contributed by atoms with Crippen LogP contribution in [0.4, 0.5) is 0 Å². The molecule has 0 heterocycles. The minimum absolute atomic E-state index is 0.138. The summed E-state index contributed by atoms with van der Waals surface area (Å²) < 4.78 is 59.6. The van der Waals surface area contributed by atoms with E-state index in [1.165, 1.54) is 7.11 Å². The third kappa shape index (κ3) is 35.9. The van der Waals surface area contributed by atoms with Gasteiger partial charge in [-0.1, -0.05) is 6.42 Å². The van der Waals surface area contributed by atoms with Gasteiger partial charge in [-0.15, -0.1) is 0 Å².